The standard InChI is InChI=1S/C30H26ClN5O2S/c1-3-25(37)35-15-7-9-20(17-35)33-18(2)28-27-26-24(13-14-32-29(26)39-28)36(30(38)34-27)21-10-6-8-19(16-21)22-11-4-5-12-23(22)31/h3-6,8,10-14,16,20,33H,1-2,7,9,15,17H2,(H,34,38)/t20-/m1/s1. The van der Waals surface area contributed by atoms with Gasteiger partial charge >= 0.3 is 6.03 Å². The van der Waals surface area contributed by atoms with Crippen molar-refractivity contribution in [2.45, 2.75) is 18.9 Å². The zero-order valence-electron chi connectivity index (χ0n) is 21.1. The van der Waals surface area contributed by atoms with E-state index in [1.165, 1.54) is 17.4 Å². The van der Waals surface area contributed by atoms with Gasteiger partial charge in [0.15, 0.2) is 0 Å². The summed E-state index contributed by atoms with van der Waals surface area (Å²) in [5.41, 5.74) is 4.70. The summed E-state index contributed by atoms with van der Waals surface area (Å²) >= 11 is 7.94. The van der Waals surface area contributed by atoms with E-state index in [0.717, 1.165) is 57.0 Å². The number of hydrogen-bond donors (Lipinski definition) is 2. The predicted octanol–water partition coefficient (Wildman–Crippen LogP) is 7.04. The van der Waals surface area contributed by atoms with E-state index in [4.69, 9.17) is 11.6 Å². The second-order valence-corrected chi connectivity index (χ2v) is 11.0. The quantitative estimate of drug-likeness (QED) is 0.250. The maximum atomic E-state index is 13.6. The summed E-state index contributed by atoms with van der Waals surface area (Å²) in [4.78, 5) is 35.4. The fraction of sp³-hybridized carbons (Fsp3) is 0.167. The Hall–Kier alpha value is -4.14. The maximum Gasteiger partial charge on any atom is 0.331 e. The van der Waals surface area contributed by atoms with Crippen LogP contribution in [0.3, 0.4) is 0 Å². The molecule has 0 aliphatic carbocycles. The minimum absolute atomic E-state index is 0.0586. The van der Waals surface area contributed by atoms with Crippen molar-refractivity contribution in [1.29, 1.82) is 0 Å². The molecule has 6 rings (SSSR count). The minimum atomic E-state index is -0.265. The van der Waals surface area contributed by atoms with Gasteiger partial charge in [-0.25, -0.2) is 9.78 Å². The van der Waals surface area contributed by atoms with E-state index >= 15 is 0 Å². The lowest BCUT2D eigenvalue weighted by atomic mass is 10.0. The number of benzene rings is 2. The number of urea groups is 1. The van der Waals surface area contributed by atoms with Crippen molar-refractivity contribution in [2.75, 3.05) is 23.3 Å². The van der Waals surface area contributed by atoms with Gasteiger partial charge in [-0.15, -0.1) is 11.3 Å². The molecule has 9 heteroatoms. The minimum Gasteiger partial charge on any atom is -0.380 e. The Morgan fingerprint density at radius 3 is 2.87 bits per heavy atom. The summed E-state index contributed by atoms with van der Waals surface area (Å²) in [6.45, 7) is 9.20. The first kappa shape index (κ1) is 25.2. The average molecular weight is 556 g/mol. The summed E-state index contributed by atoms with van der Waals surface area (Å²) in [6.07, 6.45) is 4.90. The molecule has 196 valence electrons. The number of likely N-dealkylation sites (tertiary alicyclic amines) is 1. The van der Waals surface area contributed by atoms with Crippen molar-refractivity contribution < 1.29 is 9.59 Å². The van der Waals surface area contributed by atoms with Crippen LogP contribution in [-0.4, -0.2) is 41.0 Å². The second kappa shape index (κ2) is 10.2. The van der Waals surface area contributed by atoms with Crippen LogP contribution in [0, 0.1) is 0 Å². The highest BCUT2D eigenvalue weighted by Gasteiger charge is 2.32. The van der Waals surface area contributed by atoms with Gasteiger partial charge in [0.05, 0.1) is 27.3 Å². The van der Waals surface area contributed by atoms with Crippen molar-refractivity contribution in [3.63, 3.8) is 0 Å². The van der Waals surface area contributed by atoms with Crippen LogP contribution in [0.15, 0.2) is 80.0 Å². The average Bonchev–Trinajstić information content (AvgIpc) is 3.32. The van der Waals surface area contributed by atoms with Crippen molar-refractivity contribution in [3.8, 4) is 11.1 Å². The highest BCUT2D eigenvalue weighted by atomic mass is 35.5. The number of carbonyl (C=O) groups excluding carboxylic acids is 2. The maximum absolute atomic E-state index is 13.6. The fourth-order valence-corrected chi connectivity index (χ4v) is 6.60. The van der Waals surface area contributed by atoms with Crippen molar-refractivity contribution in [1.82, 2.24) is 15.2 Å². The number of rotatable bonds is 6. The zero-order valence-corrected chi connectivity index (χ0v) is 22.7. The van der Waals surface area contributed by atoms with Gasteiger partial charge in [0, 0.05) is 41.6 Å². The molecule has 2 aromatic heterocycles. The molecule has 2 aliphatic heterocycles. The van der Waals surface area contributed by atoms with Gasteiger partial charge in [0.25, 0.3) is 0 Å². The van der Waals surface area contributed by atoms with Crippen molar-refractivity contribution >= 4 is 67.9 Å². The lowest BCUT2D eigenvalue weighted by Gasteiger charge is -2.33. The molecule has 7 nitrogen and oxygen atoms in total. The van der Waals surface area contributed by atoms with Gasteiger partial charge in [-0.05, 0) is 48.7 Å². The molecule has 1 saturated heterocycles. The summed E-state index contributed by atoms with van der Waals surface area (Å²) in [6, 6.07) is 17.1. The Morgan fingerprint density at radius 1 is 1.21 bits per heavy atom. The molecule has 0 radical (unpaired) electrons. The van der Waals surface area contributed by atoms with Crippen LogP contribution in [0.4, 0.5) is 21.9 Å². The number of carbonyl (C=O) groups is 2. The Bertz CT molecular complexity index is 1650. The number of nitrogens with zero attached hydrogens (tertiary/aromatic N) is 3. The number of halogens is 1. The van der Waals surface area contributed by atoms with Gasteiger partial charge in [-0.1, -0.05) is 55.1 Å². The molecule has 1 fully saturated rings. The van der Waals surface area contributed by atoms with Gasteiger partial charge in [0.1, 0.15) is 4.83 Å². The highest BCUT2D eigenvalue weighted by molar-refractivity contribution is 7.20. The summed E-state index contributed by atoms with van der Waals surface area (Å²) in [7, 11) is 0. The van der Waals surface area contributed by atoms with Gasteiger partial charge in [-0.2, -0.15) is 0 Å². The Kier molecular flexibility index (Phi) is 6.58. The molecule has 2 N–H and O–H groups in total. The Balaban J connectivity index is 1.34. The largest absolute Gasteiger partial charge is 0.380 e. The third-order valence-electron chi connectivity index (χ3n) is 7.10. The molecule has 4 aromatic rings. The van der Waals surface area contributed by atoms with Crippen LogP contribution in [0.5, 0.6) is 0 Å². The van der Waals surface area contributed by atoms with Crippen LogP contribution >= 0.6 is 22.9 Å². The van der Waals surface area contributed by atoms with Crippen LogP contribution in [-0.2, 0) is 4.79 Å². The third kappa shape index (κ3) is 4.56. The number of anilines is 3. The first-order chi connectivity index (χ1) is 18.9. The first-order valence-corrected chi connectivity index (χ1v) is 13.9. The molecule has 4 heterocycles. The van der Waals surface area contributed by atoms with Crippen LogP contribution in [0.2, 0.25) is 5.02 Å². The lowest BCUT2D eigenvalue weighted by Crippen LogP contribution is -2.46. The van der Waals surface area contributed by atoms with E-state index in [-0.39, 0.29) is 18.0 Å². The molecule has 2 aromatic carbocycles. The normalized spacial score (nSPS) is 16.6. The lowest BCUT2D eigenvalue weighted by molar-refractivity contribution is -0.127. The Labute approximate surface area is 235 Å². The molecule has 0 spiro atoms. The van der Waals surface area contributed by atoms with E-state index in [0.29, 0.717) is 23.0 Å². The van der Waals surface area contributed by atoms with E-state index in [1.807, 2.05) is 54.6 Å². The number of thiophene rings is 1. The van der Waals surface area contributed by atoms with Crippen LogP contribution < -0.4 is 15.5 Å². The second-order valence-electron chi connectivity index (χ2n) is 9.56. The van der Waals surface area contributed by atoms with Gasteiger partial charge < -0.3 is 15.5 Å². The topological polar surface area (TPSA) is 77.6 Å². The zero-order chi connectivity index (χ0) is 27.1. The number of nitrogens with one attached hydrogen (secondary N) is 2. The highest BCUT2D eigenvalue weighted by Crippen LogP contribution is 2.47. The predicted molar refractivity (Wildman–Crippen MR) is 160 cm³/mol. The Morgan fingerprint density at radius 2 is 2.05 bits per heavy atom. The van der Waals surface area contributed by atoms with E-state index < -0.39 is 0 Å². The molecule has 0 unspecified atom stereocenters. The summed E-state index contributed by atoms with van der Waals surface area (Å²) in [5, 5.41) is 8.11. The monoisotopic (exact) mass is 555 g/mol. The first-order valence-electron chi connectivity index (χ1n) is 12.7. The van der Waals surface area contributed by atoms with Crippen molar-refractivity contribution in [3.05, 3.63) is 89.9 Å². The molecule has 0 bridgehead atoms. The molecular weight excluding hydrogens is 530 g/mol. The van der Waals surface area contributed by atoms with Gasteiger partial charge in [-0.3, -0.25) is 9.69 Å². The molecule has 2 aliphatic rings. The summed E-state index contributed by atoms with van der Waals surface area (Å²) < 4.78 is 0. The van der Waals surface area contributed by atoms with Crippen LogP contribution in [0.25, 0.3) is 27.0 Å². The van der Waals surface area contributed by atoms with Crippen molar-refractivity contribution in [2.24, 2.45) is 0 Å². The molecular formula is C30H26ClN5O2S. The molecule has 3 amide bonds. The molecule has 1 atom stereocenters. The summed E-state index contributed by atoms with van der Waals surface area (Å²) in [5.74, 6) is -0.0659. The fourth-order valence-electron chi connectivity index (χ4n) is 5.30. The van der Waals surface area contributed by atoms with Gasteiger partial charge in [0.2, 0.25) is 5.91 Å². The number of piperidine rings is 1. The third-order valence-corrected chi connectivity index (χ3v) is 8.58. The van der Waals surface area contributed by atoms with E-state index in [9.17, 15) is 9.59 Å². The number of amides is 3. The number of aromatic nitrogens is 1. The van der Waals surface area contributed by atoms with Crippen LogP contribution in [0.1, 0.15) is 17.7 Å². The van der Waals surface area contributed by atoms with E-state index in [1.54, 1.807) is 16.0 Å². The number of hydrogen-bond acceptors (Lipinski definition) is 5. The SMILES string of the molecule is C=CC(=O)N1CCC[C@@H](NC(=C)c2sc3nccc4c3c2NC(=O)N4c2cccc(-c3ccccc3Cl)c2)C1. The molecule has 0 saturated carbocycles. The number of pyridine rings is 1. The molecule has 39 heavy (non-hydrogen) atoms. The smallest absolute Gasteiger partial charge is 0.331 e. The van der Waals surface area contributed by atoms with E-state index in [2.05, 4.69) is 28.8 Å².